The first-order chi connectivity index (χ1) is 9.69. The lowest BCUT2D eigenvalue weighted by molar-refractivity contribution is 0.0669. The number of phenolic OH excluding ortho intramolecular Hbond substituents is 1. The van der Waals surface area contributed by atoms with Crippen molar-refractivity contribution < 1.29 is 9.84 Å². The van der Waals surface area contributed by atoms with Crippen molar-refractivity contribution >= 4 is 0 Å². The van der Waals surface area contributed by atoms with Crippen LogP contribution in [0.3, 0.4) is 0 Å². The van der Waals surface area contributed by atoms with Gasteiger partial charge in [0.2, 0.25) is 0 Å². The van der Waals surface area contributed by atoms with Crippen molar-refractivity contribution in [2.24, 2.45) is 0 Å². The lowest BCUT2D eigenvalue weighted by Gasteiger charge is -2.12. The Balaban J connectivity index is 2.01. The van der Waals surface area contributed by atoms with Crippen LogP contribution in [0.1, 0.15) is 25.8 Å². The van der Waals surface area contributed by atoms with Gasteiger partial charge in [-0.25, -0.2) is 0 Å². The van der Waals surface area contributed by atoms with Crippen molar-refractivity contribution in [3.63, 3.8) is 0 Å². The Kier molecular flexibility index (Phi) is 5.19. The van der Waals surface area contributed by atoms with Crippen LogP contribution in [0.2, 0.25) is 0 Å². The van der Waals surface area contributed by atoms with Crippen LogP contribution in [0.15, 0.2) is 48.5 Å². The molecule has 2 rings (SSSR count). The van der Waals surface area contributed by atoms with E-state index in [0.717, 1.165) is 30.6 Å². The van der Waals surface area contributed by atoms with Gasteiger partial charge in [0.25, 0.3) is 0 Å². The van der Waals surface area contributed by atoms with Gasteiger partial charge in [-0.3, -0.25) is 0 Å². The van der Waals surface area contributed by atoms with Gasteiger partial charge in [0.05, 0.1) is 6.10 Å². The molecule has 0 spiro atoms. The maximum atomic E-state index is 9.30. The number of benzene rings is 2. The van der Waals surface area contributed by atoms with Gasteiger partial charge in [0.1, 0.15) is 5.75 Å². The van der Waals surface area contributed by atoms with Crippen molar-refractivity contribution in [3.05, 3.63) is 54.1 Å². The molecule has 0 heterocycles. The zero-order valence-electron chi connectivity index (χ0n) is 12.2. The van der Waals surface area contributed by atoms with E-state index in [-0.39, 0.29) is 6.10 Å². The summed E-state index contributed by atoms with van der Waals surface area (Å²) in [5, 5.41) is 9.30. The normalized spacial score (nSPS) is 12.3. The summed E-state index contributed by atoms with van der Waals surface area (Å²) in [5.41, 5.74) is 3.57. The van der Waals surface area contributed by atoms with Crippen molar-refractivity contribution in [2.45, 2.75) is 32.8 Å². The molecule has 0 saturated carbocycles. The zero-order valence-corrected chi connectivity index (χ0v) is 12.2. The van der Waals surface area contributed by atoms with Gasteiger partial charge in [0.15, 0.2) is 0 Å². The Morgan fingerprint density at radius 1 is 0.950 bits per heavy atom. The van der Waals surface area contributed by atoms with E-state index in [9.17, 15) is 5.11 Å². The maximum Gasteiger partial charge on any atom is 0.115 e. The van der Waals surface area contributed by atoms with Crippen LogP contribution in [0.4, 0.5) is 0 Å². The van der Waals surface area contributed by atoms with Crippen LogP contribution in [-0.2, 0) is 11.2 Å². The third-order valence-electron chi connectivity index (χ3n) is 3.28. The number of phenols is 1. The summed E-state index contributed by atoms with van der Waals surface area (Å²) in [6.45, 7) is 5.06. The summed E-state index contributed by atoms with van der Waals surface area (Å²) < 4.78 is 5.70. The first kappa shape index (κ1) is 14.6. The first-order valence-electron chi connectivity index (χ1n) is 7.19. The number of hydrogen-bond acceptors (Lipinski definition) is 2. The van der Waals surface area contributed by atoms with Crippen molar-refractivity contribution in [3.8, 4) is 16.9 Å². The second-order valence-corrected chi connectivity index (χ2v) is 5.13. The molecule has 1 unspecified atom stereocenters. The van der Waals surface area contributed by atoms with Crippen LogP contribution in [-0.4, -0.2) is 17.8 Å². The van der Waals surface area contributed by atoms with Gasteiger partial charge in [-0.1, -0.05) is 43.3 Å². The molecule has 0 aliphatic rings. The van der Waals surface area contributed by atoms with Gasteiger partial charge < -0.3 is 9.84 Å². The summed E-state index contributed by atoms with van der Waals surface area (Å²) in [5.74, 6) is 0.298. The molecule has 0 aromatic heterocycles. The van der Waals surface area contributed by atoms with E-state index < -0.39 is 0 Å². The molecule has 1 N–H and O–H groups in total. The van der Waals surface area contributed by atoms with Crippen LogP contribution in [0, 0.1) is 0 Å². The second-order valence-electron chi connectivity index (χ2n) is 5.13. The molecule has 106 valence electrons. The molecular formula is C18H22O2. The number of hydrogen-bond donors (Lipinski definition) is 1. The summed E-state index contributed by atoms with van der Waals surface area (Å²) in [6.07, 6.45) is 2.26. The predicted molar refractivity (Wildman–Crippen MR) is 83.0 cm³/mol. The molecule has 2 heteroatoms. The molecule has 0 aliphatic heterocycles. The topological polar surface area (TPSA) is 29.5 Å². The standard InChI is InChI=1S/C18H22O2/c1-3-12-20-14(2)13-15-4-6-16(7-5-15)17-8-10-18(19)11-9-17/h4-11,14,19H,3,12-13H2,1-2H3. The van der Waals surface area contributed by atoms with Gasteiger partial charge >= 0.3 is 0 Å². The predicted octanol–water partition coefficient (Wildman–Crippen LogP) is 4.42. The maximum absolute atomic E-state index is 9.30. The van der Waals surface area contributed by atoms with Crippen molar-refractivity contribution in [1.82, 2.24) is 0 Å². The molecule has 0 aliphatic carbocycles. The molecule has 0 saturated heterocycles. The average molecular weight is 270 g/mol. The third kappa shape index (κ3) is 4.10. The molecule has 20 heavy (non-hydrogen) atoms. The second kappa shape index (κ2) is 7.11. The number of aromatic hydroxyl groups is 1. The minimum atomic E-state index is 0.259. The summed E-state index contributed by atoms with van der Waals surface area (Å²) in [7, 11) is 0. The molecule has 2 aromatic carbocycles. The average Bonchev–Trinajstić information content (AvgIpc) is 2.47. The van der Waals surface area contributed by atoms with E-state index in [2.05, 4.69) is 38.1 Å². The molecule has 1 atom stereocenters. The van der Waals surface area contributed by atoms with E-state index >= 15 is 0 Å². The molecule has 0 bridgehead atoms. The Hall–Kier alpha value is -1.80. The van der Waals surface area contributed by atoms with Crippen LogP contribution in [0.25, 0.3) is 11.1 Å². The summed E-state index contributed by atoms with van der Waals surface area (Å²) >= 11 is 0. The van der Waals surface area contributed by atoms with Crippen LogP contribution in [0.5, 0.6) is 5.75 Å². The monoisotopic (exact) mass is 270 g/mol. The SMILES string of the molecule is CCCOC(C)Cc1ccc(-c2ccc(O)cc2)cc1. The first-order valence-corrected chi connectivity index (χ1v) is 7.19. The molecule has 0 radical (unpaired) electrons. The van der Waals surface area contributed by atoms with Gasteiger partial charge in [0, 0.05) is 6.61 Å². The highest BCUT2D eigenvalue weighted by Gasteiger charge is 2.04. The van der Waals surface area contributed by atoms with Crippen LogP contribution < -0.4 is 0 Å². The Morgan fingerprint density at radius 2 is 1.50 bits per heavy atom. The fourth-order valence-electron chi connectivity index (χ4n) is 2.20. The minimum absolute atomic E-state index is 0.259. The minimum Gasteiger partial charge on any atom is -0.508 e. The number of ether oxygens (including phenoxy) is 1. The smallest absolute Gasteiger partial charge is 0.115 e. The van der Waals surface area contributed by atoms with Gasteiger partial charge in [-0.2, -0.15) is 0 Å². The summed E-state index contributed by atoms with van der Waals surface area (Å²) in [4.78, 5) is 0. The highest BCUT2D eigenvalue weighted by atomic mass is 16.5. The van der Waals surface area contributed by atoms with E-state index in [0.29, 0.717) is 5.75 Å². The summed E-state index contributed by atoms with van der Waals surface area (Å²) in [6, 6.07) is 15.8. The molecule has 2 aromatic rings. The largest absolute Gasteiger partial charge is 0.508 e. The molecule has 0 amide bonds. The van der Waals surface area contributed by atoms with E-state index in [1.807, 2.05) is 12.1 Å². The fourth-order valence-corrected chi connectivity index (χ4v) is 2.20. The Bertz CT molecular complexity index is 514. The highest BCUT2D eigenvalue weighted by Crippen LogP contribution is 2.22. The molecule has 0 fully saturated rings. The Labute approximate surface area is 121 Å². The van der Waals surface area contributed by atoms with E-state index in [1.165, 1.54) is 5.56 Å². The van der Waals surface area contributed by atoms with Gasteiger partial charge in [-0.05, 0) is 48.6 Å². The van der Waals surface area contributed by atoms with Gasteiger partial charge in [-0.15, -0.1) is 0 Å². The van der Waals surface area contributed by atoms with E-state index in [1.54, 1.807) is 12.1 Å². The molecule has 2 nitrogen and oxygen atoms in total. The third-order valence-corrected chi connectivity index (χ3v) is 3.28. The lowest BCUT2D eigenvalue weighted by atomic mass is 10.0. The highest BCUT2D eigenvalue weighted by molar-refractivity contribution is 5.64. The van der Waals surface area contributed by atoms with E-state index in [4.69, 9.17) is 4.74 Å². The number of rotatable bonds is 6. The van der Waals surface area contributed by atoms with Crippen molar-refractivity contribution in [2.75, 3.05) is 6.61 Å². The quantitative estimate of drug-likeness (QED) is 0.842. The molecular weight excluding hydrogens is 248 g/mol. The Morgan fingerprint density at radius 3 is 2.05 bits per heavy atom. The van der Waals surface area contributed by atoms with Crippen molar-refractivity contribution in [1.29, 1.82) is 0 Å². The lowest BCUT2D eigenvalue weighted by Crippen LogP contribution is -2.12. The fraction of sp³-hybridized carbons (Fsp3) is 0.333. The van der Waals surface area contributed by atoms with Crippen LogP contribution >= 0.6 is 0 Å². The zero-order chi connectivity index (χ0) is 14.4.